The van der Waals surface area contributed by atoms with Gasteiger partial charge in [-0.3, -0.25) is 9.69 Å². The fraction of sp³-hybridized carbons (Fsp3) is 0.529. The molecule has 0 spiro atoms. The molecule has 0 bridgehead atoms. The highest BCUT2D eigenvalue weighted by Gasteiger charge is 2.22. The van der Waals surface area contributed by atoms with Crippen LogP contribution in [0.2, 0.25) is 0 Å². The lowest BCUT2D eigenvalue weighted by molar-refractivity contribution is -0.129. The number of hydrogen-bond acceptors (Lipinski definition) is 6. The minimum Gasteiger partial charge on any atom is -0.478 e. The van der Waals surface area contributed by atoms with Crippen molar-refractivity contribution in [1.82, 2.24) is 14.8 Å². The molecule has 1 aliphatic rings. The maximum atomic E-state index is 11.9. The zero-order valence-corrected chi connectivity index (χ0v) is 14.8. The van der Waals surface area contributed by atoms with Gasteiger partial charge in [-0.2, -0.15) is 5.26 Å². The summed E-state index contributed by atoms with van der Waals surface area (Å²) < 4.78 is 0. The van der Waals surface area contributed by atoms with Crippen LogP contribution in [0.25, 0.3) is 0 Å². The van der Waals surface area contributed by atoms with Crippen molar-refractivity contribution in [3.8, 4) is 6.07 Å². The van der Waals surface area contributed by atoms with Crippen molar-refractivity contribution in [3.63, 3.8) is 0 Å². The minimum atomic E-state index is -1.09. The van der Waals surface area contributed by atoms with Crippen molar-refractivity contribution in [1.29, 1.82) is 5.26 Å². The van der Waals surface area contributed by atoms with Gasteiger partial charge in [-0.1, -0.05) is 0 Å². The molecule has 1 N–H and O–H groups in total. The van der Waals surface area contributed by atoms with Gasteiger partial charge in [0, 0.05) is 40.3 Å². The van der Waals surface area contributed by atoms with E-state index in [-0.39, 0.29) is 17.0 Å². The second-order valence-electron chi connectivity index (χ2n) is 6.31. The number of aryl methyl sites for hydroxylation is 1. The molecule has 8 nitrogen and oxygen atoms in total. The molecule has 1 aliphatic heterocycles. The molecule has 1 aromatic rings. The molecule has 1 aromatic heterocycles. The zero-order chi connectivity index (χ0) is 18.6. The number of aromatic carboxylic acids is 1. The van der Waals surface area contributed by atoms with Gasteiger partial charge in [-0.25, -0.2) is 9.78 Å². The quantitative estimate of drug-likeness (QED) is 0.851. The first-order valence-electron chi connectivity index (χ1n) is 8.16. The third kappa shape index (κ3) is 4.45. The van der Waals surface area contributed by atoms with E-state index in [0.29, 0.717) is 37.7 Å². The van der Waals surface area contributed by atoms with Crippen LogP contribution < -0.4 is 4.90 Å². The largest absolute Gasteiger partial charge is 0.478 e. The van der Waals surface area contributed by atoms with Gasteiger partial charge < -0.3 is 14.9 Å². The Kier molecular flexibility index (Phi) is 5.93. The van der Waals surface area contributed by atoms with E-state index in [0.717, 1.165) is 13.0 Å². The van der Waals surface area contributed by atoms with E-state index in [2.05, 4.69) is 16.0 Å². The lowest BCUT2D eigenvalue weighted by atomic mass is 10.1. The highest BCUT2D eigenvalue weighted by Crippen LogP contribution is 2.22. The molecular weight excluding hydrogens is 322 g/mol. The number of carbonyl (C=O) groups is 2. The van der Waals surface area contributed by atoms with Gasteiger partial charge in [-0.05, 0) is 19.4 Å². The summed E-state index contributed by atoms with van der Waals surface area (Å²) in [6.45, 7) is 4.83. The zero-order valence-electron chi connectivity index (χ0n) is 14.8. The number of anilines is 1. The standard InChI is InChI=1S/C17H23N5O3/c1-12-14(17(24)25)9-13(10-18)16(19-12)22-6-4-5-21(7-8-22)11-15(23)20(2)3/h9H,4-8,11H2,1-3H3,(H,24,25). The number of nitriles is 1. The monoisotopic (exact) mass is 345 g/mol. The summed E-state index contributed by atoms with van der Waals surface area (Å²) in [5, 5.41) is 18.6. The van der Waals surface area contributed by atoms with Crippen LogP contribution in [-0.2, 0) is 4.79 Å². The van der Waals surface area contributed by atoms with Gasteiger partial charge in [0.05, 0.1) is 23.4 Å². The predicted octanol–water partition coefficient (Wildman–Crippen LogP) is 0.560. The van der Waals surface area contributed by atoms with Crippen molar-refractivity contribution >= 4 is 17.7 Å². The van der Waals surface area contributed by atoms with Crippen molar-refractivity contribution < 1.29 is 14.7 Å². The first kappa shape index (κ1) is 18.7. The van der Waals surface area contributed by atoms with E-state index in [9.17, 15) is 20.0 Å². The van der Waals surface area contributed by atoms with Crippen molar-refractivity contribution in [3.05, 3.63) is 22.9 Å². The van der Waals surface area contributed by atoms with E-state index in [1.165, 1.54) is 6.07 Å². The highest BCUT2D eigenvalue weighted by molar-refractivity contribution is 5.90. The molecule has 0 atom stereocenters. The Hall–Kier alpha value is -2.66. The summed E-state index contributed by atoms with van der Waals surface area (Å²) in [7, 11) is 3.48. The van der Waals surface area contributed by atoms with Crippen LogP contribution in [-0.4, -0.2) is 78.6 Å². The average molecular weight is 345 g/mol. The second kappa shape index (κ2) is 7.94. The Labute approximate surface area is 147 Å². The molecule has 1 saturated heterocycles. The van der Waals surface area contributed by atoms with Crippen molar-refractivity contribution in [2.24, 2.45) is 0 Å². The number of carboxylic acids is 1. The summed E-state index contributed by atoms with van der Waals surface area (Å²) in [5.41, 5.74) is 0.708. The number of rotatable bonds is 4. The summed E-state index contributed by atoms with van der Waals surface area (Å²) in [5.74, 6) is -0.506. The topological polar surface area (TPSA) is 101 Å². The fourth-order valence-electron chi connectivity index (χ4n) is 2.81. The smallest absolute Gasteiger partial charge is 0.337 e. The Bertz CT molecular complexity index is 711. The van der Waals surface area contributed by atoms with Crippen LogP contribution in [0.5, 0.6) is 0 Å². The molecule has 0 aliphatic carbocycles. The molecule has 1 amide bonds. The first-order valence-corrected chi connectivity index (χ1v) is 8.16. The van der Waals surface area contributed by atoms with Crippen LogP contribution in [0.3, 0.4) is 0 Å². The average Bonchev–Trinajstić information content (AvgIpc) is 2.79. The number of nitrogens with zero attached hydrogens (tertiary/aromatic N) is 5. The summed E-state index contributed by atoms with van der Waals surface area (Å²) in [4.78, 5) is 33.1. The van der Waals surface area contributed by atoms with E-state index < -0.39 is 5.97 Å². The van der Waals surface area contributed by atoms with Gasteiger partial charge in [0.25, 0.3) is 0 Å². The Morgan fingerprint density at radius 1 is 1.32 bits per heavy atom. The third-order valence-corrected chi connectivity index (χ3v) is 4.29. The first-order chi connectivity index (χ1) is 11.8. The third-order valence-electron chi connectivity index (χ3n) is 4.29. The molecule has 0 unspecified atom stereocenters. The summed E-state index contributed by atoms with van der Waals surface area (Å²) in [6.07, 6.45) is 0.840. The van der Waals surface area contributed by atoms with E-state index >= 15 is 0 Å². The Morgan fingerprint density at radius 3 is 2.64 bits per heavy atom. The van der Waals surface area contributed by atoms with Gasteiger partial charge in [0.2, 0.25) is 5.91 Å². The van der Waals surface area contributed by atoms with E-state index in [1.54, 1.807) is 25.9 Å². The summed E-state index contributed by atoms with van der Waals surface area (Å²) in [6, 6.07) is 3.44. The van der Waals surface area contributed by atoms with Crippen LogP contribution in [0.1, 0.15) is 28.0 Å². The second-order valence-corrected chi connectivity index (χ2v) is 6.31. The molecule has 8 heteroatoms. The number of carbonyl (C=O) groups excluding carboxylic acids is 1. The number of likely N-dealkylation sites (N-methyl/N-ethyl adjacent to an activating group) is 1. The lowest BCUT2D eigenvalue weighted by Gasteiger charge is -2.24. The number of carboxylic acid groups (broad SMARTS) is 1. The van der Waals surface area contributed by atoms with Crippen LogP contribution in [0, 0.1) is 18.3 Å². The number of amides is 1. The SMILES string of the molecule is Cc1nc(N2CCCN(CC(=O)N(C)C)CC2)c(C#N)cc1C(=O)O. The molecule has 2 rings (SSSR count). The minimum absolute atomic E-state index is 0.0494. The van der Waals surface area contributed by atoms with Gasteiger partial charge in [0.15, 0.2) is 0 Å². The Morgan fingerprint density at radius 2 is 2.04 bits per heavy atom. The molecule has 25 heavy (non-hydrogen) atoms. The highest BCUT2D eigenvalue weighted by atomic mass is 16.4. The summed E-state index contributed by atoms with van der Waals surface area (Å²) >= 11 is 0. The van der Waals surface area contributed by atoms with Gasteiger partial charge >= 0.3 is 5.97 Å². The maximum Gasteiger partial charge on any atom is 0.337 e. The molecule has 0 radical (unpaired) electrons. The van der Waals surface area contributed by atoms with E-state index in [4.69, 9.17) is 0 Å². The lowest BCUT2D eigenvalue weighted by Crippen LogP contribution is -2.39. The van der Waals surface area contributed by atoms with Crippen LogP contribution >= 0.6 is 0 Å². The number of hydrogen-bond donors (Lipinski definition) is 1. The van der Waals surface area contributed by atoms with Crippen LogP contribution in [0.4, 0.5) is 5.82 Å². The van der Waals surface area contributed by atoms with Crippen molar-refractivity contribution in [2.45, 2.75) is 13.3 Å². The normalized spacial score (nSPS) is 15.4. The molecule has 134 valence electrons. The van der Waals surface area contributed by atoms with E-state index in [1.807, 2.05) is 4.90 Å². The van der Waals surface area contributed by atoms with Crippen molar-refractivity contribution in [2.75, 3.05) is 51.7 Å². The molecule has 2 heterocycles. The fourth-order valence-corrected chi connectivity index (χ4v) is 2.81. The molecule has 1 fully saturated rings. The number of pyridine rings is 1. The maximum absolute atomic E-state index is 11.9. The molecular formula is C17H23N5O3. The molecule has 0 aromatic carbocycles. The number of aromatic nitrogens is 1. The van der Waals surface area contributed by atoms with Crippen LogP contribution in [0.15, 0.2) is 6.07 Å². The predicted molar refractivity (Wildman–Crippen MR) is 92.6 cm³/mol. The Balaban J connectivity index is 2.17. The van der Waals surface area contributed by atoms with Gasteiger partial charge in [-0.15, -0.1) is 0 Å². The molecule has 0 saturated carbocycles. The van der Waals surface area contributed by atoms with Gasteiger partial charge in [0.1, 0.15) is 11.9 Å².